The molecule has 0 aliphatic heterocycles. The maximum Gasteiger partial charge on any atom is 0.136 e. The van der Waals surface area contributed by atoms with E-state index in [0.717, 1.165) is 11.8 Å². The van der Waals surface area contributed by atoms with Crippen LogP contribution < -0.4 is 0 Å². The molecule has 0 N–H and O–H groups in total. The Morgan fingerprint density at radius 1 is 1.06 bits per heavy atom. The van der Waals surface area contributed by atoms with Gasteiger partial charge in [-0.25, -0.2) is 0 Å². The van der Waals surface area contributed by atoms with Gasteiger partial charge in [-0.05, 0) is 67.6 Å². The Morgan fingerprint density at radius 2 is 1.72 bits per heavy atom. The summed E-state index contributed by atoms with van der Waals surface area (Å²) in [5.41, 5.74) is 0.686. The minimum absolute atomic E-state index is 0.0232. The first kappa shape index (κ1) is 12.7. The Bertz CT molecular complexity index is 396. The van der Waals surface area contributed by atoms with Crippen molar-refractivity contribution in [1.82, 2.24) is 0 Å². The van der Waals surface area contributed by atoms with E-state index >= 15 is 0 Å². The van der Waals surface area contributed by atoms with Crippen molar-refractivity contribution in [1.29, 1.82) is 0 Å². The van der Waals surface area contributed by atoms with Crippen LogP contribution in [0, 0.1) is 34.0 Å². The van der Waals surface area contributed by atoms with Crippen LogP contribution in [0.4, 0.5) is 0 Å². The van der Waals surface area contributed by atoms with Crippen molar-refractivity contribution in [2.45, 2.75) is 66.7 Å². The van der Waals surface area contributed by atoms with E-state index in [1.54, 1.807) is 0 Å². The molecule has 18 heavy (non-hydrogen) atoms. The summed E-state index contributed by atoms with van der Waals surface area (Å²) in [5.74, 6) is 2.67. The number of hydrogen-bond donors (Lipinski definition) is 0. The molecule has 0 radical (unpaired) electrons. The van der Waals surface area contributed by atoms with Crippen molar-refractivity contribution in [2.75, 3.05) is 0 Å². The van der Waals surface area contributed by atoms with Gasteiger partial charge in [-0.3, -0.25) is 4.79 Å². The molecular formula is C17H28O. The fourth-order valence-electron chi connectivity index (χ4n) is 6.74. The van der Waals surface area contributed by atoms with Gasteiger partial charge in [-0.15, -0.1) is 0 Å². The summed E-state index contributed by atoms with van der Waals surface area (Å²) in [6.45, 7) is 11.5. The summed E-state index contributed by atoms with van der Waals surface area (Å²) in [5, 5.41) is 0. The summed E-state index contributed by atoms with van der Waals surface area (Å²) in [7, 11) is 0. The van der Waals surface area contributed by atoms with E-state index in [1.165, 1.54) is 32.1 Å². The fraction of sp³-hybridized carbons (Fsp3) is 0.941. The third-order valence-electron chi connectivity index (χ3n) is 7.70. The highest BCUT2D eigenvalue weighted by atomic mass is 16.1. The van der Waals surface area contributed by atoms with E-state index < -0.39 is 0 Å². The molecule has 3 aliphatic rings. The van der Waals surface area contributed by atoms with Crippen LogP contribution in [0.25, 0.3) is 0 Å². The second kappa shape index (κ2) is 3.41. The average molecular weight is 248 g/mol. The third-order valence-corrected chi connectivity index (χ3v) is 7.70. The molecule has 0 heterocycles. The lowest BCUT2D eigenvalue weighted by atomic mass is 9.54. The summed E-state index contributed by atoms with van der Waals surface area (Å²) < 4.78 is 0. The molecule has 3 aliphatic carbocycles. The van der Waals surface area contributed by atoms with E-state index in [-0.39, 0.29) is 10.8 Å². The number of rotatable bonds is 1. The van der Waals surface area contributed by atoms with Crippen molar-refractivity contribution in [3.63, 3.8) is 0 Å². The molecule has 0 amide bonds. The zero-order valence-corrected chi connectivity index (χ0v) is 12.7. The number of ketones is 1. The monoisotopic (exact) mass is 248 g/mol. The topological polar surface area (TPSA) is 17.1 Å². The van der Waals surface area contributed by atoms with Crippen LogP contribution in [0.3, 0.4) is 0 Å². The van der Waals surface area contributed by atoms with Gasteiger partial charge in [-0.1, -0.05) is 27.7 Å². The van der Waals surface area contributed by atoms with Crippen molar-refractivity contribution >= 4 is 5.78 Å². The molecule has 3 rings (SSSR count). The molecule has 1 heteroatoms. The van der Waals surface area contributed by atoms with Gasteiger partial charge in [0.1, 0.15) is 5.78 Å². The van der Waals surface area contributed by atoms with E-state index in [2.05, 4.69) is 27.7 Å². The molecule has 0 saturated heterocycles. The Balaban J connectivity index is 2.18. The van der Waals surface area contributed by atoms with Crippen LogP contribution >= 0.6 is 0 Å². The Kier molecular flexibility index (Phi) is 2.40. The largest absolute Gasteiger partial charge is 0.299 e. The number of fused-ring (bicyclic) bond motifs is 1. The van der Waals surface area contributed by atoms with Gasteiger partial charge in [0.05, 0.1) is 0 Å². The van der Waals surface area contributed by atoms with Gasteiger partial charge in [-0.2, -0.15) is 0 Å². The Labute approximate surface area is 112 Å². The molecule has 1 spiro atoms. The van der Waals surface area contributed by atoms with Crippen molar-refractivity contribution < 1.29 is 4.79 Å². The number of hydrogen-bond acceptors (Lipinski definition) is 1. The zero-order chi connectivity index (χ0) is 13.3. The zero-order valence-electron chi connectivity index (χ0n) is 12.7. The SMILES string of the molecule is CC(=O)[C@@]12C[C@@]3(CC[C@H]1C)[C@H](C)CC[C@@H]3C2(C)C. The Morgan fingerprint density at radius 3 is 2.33 bits per heavy atom. The summed E-state index contributed by atoms with van der Waals surface area (Å²) >= 11 is 0. The first-order valence-corrected chi connectivity index (χ1v) is 7.80. The highest BCUT2D eigenvalue weighted by Gasteiger charge is 2.72. The lowest BCUT2D eigenvalue weighted by Gasteiger charge is -2.48. The minimum Gasteiger partial charge on any atom is -0.299 e. The first-order chi connectivity index (χ1) is 8.29. The highest BCUT2D eigenvalue weighted by molar-refractivity contribution is 5.84. The first-order valence-electron chi connectivity index (χ1n) is 7.80. The van der Waals surface area contributed by atoms with Crippen LogP contribution in [-0.4, -0.2) is 5.78 Å². The predicted molar refractivity (Wildman–Crippen MR) is 74.2 cm³/mol. The summed E-state index contributed by atoms with van der Waals surface area (Å²) in [4.78, 5) is 12.5. The van der Waals surface area contributed by atoms with Crippen LogP contribution in [0.5, 0.6) is 0 Å². The quantitative estimate of drug-likeness (QED) is 0.670. The van der Waals surface area contributed by atoms with Crippen molar-refractivity contribution in [3.05, 3.63) is 0 Å². The summed E-state index contributed by atoms with van der Waals surface area (Å²) in [6.07, 6.45) is 6.57. The molecule has 3 fully saturated rings. The number of carbonyl (C=O) groups excluding carboxylic acids is 1. The van der Waals surface area contributed by atoms with Gasteiger partial charge in [0.25, 0.3) is 0 Å². The molecule has 1 nitrogen and oxygen atoms in total. The molecule has 0 aromatic carbocycles. The highest BCUT2D eigenvalue weighted by Crippen LogP contribution is 2.77. The molecule has 2 bridgehead atoms. The van der Waals surface area contributed by atoms with E-state index in [1.807, 2.05) is 6.92 Å². The van der Waals surface area contributed by atoms with Crippen LogP contribution in [0.2, 0.25) is 0 Å². The molecule has 0 unspecified atom stereocenters. The molecular weight excluding hydrogens is 220 g/mol. The fourth-order valence-corrected chi connectivity index (χ4v) is 6.74. The average Bonchev–Trinajstić information content (AvgIpc) is 2.67. The minimum atomic E-state index is -0.0232. The summed E-state index contributed by atoms with van der Waals surface area (Å²) in [6, 6.07) is 0. The van der Waals surface area contributed by atoms with Crippen LogP contribution in [0.15, 0.2) is 0 Å². The van der Waals surface area contributed by atoms with E-state index in [9.17, 15) is 4.79 Å². The lowest BCUT2D eigenvalue weighted by Crippen LogP contribution is -2.47. The van der Waals surface area contributed by atoms with Crippen LogP contribution in [0.1, 0.15) is 66.7 Å². The van der Waals surface area contributed by atoms with Gasteiger partial charge >= 0.3 is 0 Å². The van der Waals surface area contributed by atoms with Crippen molar-refractivity contribution in [3.8, 4) is 0 Å². The molecule has 0 aromatic heterocycles. The van der Waals surface area contributed by atoms with E-state index in [0.29, 0.717) is 17.1 Å². The molecule has 102 valence electrons. The van der Waals surface area contributed by atoms with Crippen molar-refractivity contribution in [2.24, 2.45) is 34.0 Å². The van der Waals surface area contributed by atoms with E-state index in [4.69, 9.17) is 0 Å². The molecule has 3 saturated carbocycles. The smallest absolute Gasteiger partial charge is 0.136 e. The van der Waals surface area contributed by atoms with Gasteiger partial charge in [0.2, 0.25) is 0 Å². The molecule has 0 aromatic rings. The second-order valence-corrected chi connectivity index (χ2v) is 8.13. The maximum absolute atomic E-state index is 12.5. The maximum atomic E-state index is 12.5. The standard InChI is InChI=1S/C17H28O/c1-11-6-7-14-15(4,5)17(13(3)18)10-16(11,14)9-8-12(17)2/h11-12,14H,6-10H2,1-5H3/t11-,12-,14-,16+,17-/m1/s1. The number of Topliss-reactive ketones (excluding diaryl/α,β-unsaturated/α-hetero) is 1. The lowest BCUT2D eigenvalue weighted by molar-refractivity contribution is -0.139. The second-order valence-electron chi connectivity index (χ2n) is 8.13. The van der Waals surface area contributed by atoms with Crippen LogP contribution in [-0.2, 0) is 4.79 Å². The predicted octanol–water partition coefficient (Wildman–Crippen LogP) is 4.45. The van der Waals surface area contributed by atoms with Gasteiger partial charge in [0.15, 0.2) is 0 Å². The van der Waals surface area contributed by atoms with Gasteiger partial charge in [0, 0.05) is 5.41 Å². The normalized spacial score (nSPS) is 53.3. The third kappa shape index (κ3) is 1.09. The van der Waals surface area contributed by atoms with Gasteiger partial charge < -0.3 is 0 Å². The number of carbonyl (C=O) groups is 1. The molecule has 5 atom stereocenters. The Hall–Kier alpha value is -0.330.